The summed E-state index contributed by atoms with van der Waals surface area (Å²) < 4.78 is 0. The maximum Gasteiger partial charge on any atom is 0.324 e. The van der Waals surface area contributed by atoms with Crippen LogP contribution in [-0.4, -0.2) is 4.92 Å². The van der Waals surface area contributed by atoms with Crippen molar-refractivity contribution in [2.75, 3.05) is 0 Å². The molecule has 1 atom stereocenters. The van der Waals surface area contributed by atoms with Crippen LogP contribution in [0.4, 0.5) is 5.00 Å². The van der Waals surface area contributed by atoms with Crippen molar-refractivity contribution in [3.05, 3.63) is 39.3 Å². The van der Waals surface area contributed by atoms with Gasteiger partial charge in [0.15, 0.2) is 0 Å². The highest BCUT2D eigenvalue weighted by Crippen LogP contribution is 2.30. The van der Waals surface area contributed by atoms with Crippen LogP contribution < -0.4 is 5.73 Å². The lowest BCUT2D eigenvalue weighted by atomic mass is 10.1. The minimum atomic E-state index is -0.401. The fraction of sp³-hybridized carbons (Fsp3) is 0.333. The number of nitro groups is 1. The molecule has 4 nitrogen and oxygen atoms in total. The van der Waals surface area contributed by atoms with Gasteiger partial charge >= 0.3 is 5.00 Å². The van der Waals surface area contributed by atoms with E-state index in [2.05, 4.69) is 6.58 Å². The first-order chi connectivity index (χ1) is 6.50. The van der Waals surface area contributed by atoms with Crippen LogP contribution in [0.1, 0.15) is 24.3 Å². The molecule has 0 fully saturated rings. The number of nitrogens with zero attached hydrogens (tertiary/aromatic N) is 1. The molecule has 1 rings (SSSR count). The van der Waals surface area contributed by atoms with Gasteiger partial charge in [0, 0.05) is 17.0 Å². The van der Waals surface area contributed by atoms with Gasteiger partial charge in [0.1, 0.15) is 0 Å². The molecule has 0 aromatic carbocycles. The molecule has 2 N–H and O–H groups in total. The molecule has 0 bridgehead atoms. The Labute approximate surface area is 98.4 Å². The van der Waals surface area contributed by atoms with Crippen molar-refractivity contribution in [3.63, 3.8) is 0 Å². The van der Waals surface area contributed by atoms with E-state index < -0.39 is 4.92 Å². The molecule has 0 amide bonds. The second kappa shape index (κ2) is 5.85. The molecule has 0 spiro atoms. The number of hydrogen-bond donors (Lipinski definition) is 1. The zero-order valence-corrected chi connectivity index (χ0v) is 9.94. The number of thiophene rings is 1. The van der Waals surface area contributed by atoms with Crippen molar-refractivity contribution < 1.29 is 4.92 Å². The van der Waals surface area contributed by atoms with Gasteiger partial charge in [-0.25, -0.2) is 0 Å². The zero-order chi connectivity index (χ0) is 10.7. The van der Waals surface area contributed by atoms with Crippen LogP contribution in [0.25, 0.3) is 0 Å². The maximum atomic E-state index is 10.4. The Morgan fingerprint density at radius 1 is 1.73 bits per heavy atom. The van der Waals surface area contributed by atoms with Crippen molar-refractivity contribution in [1.82, 2.24) is 0 Å². The summed E-state index contributed by atoms with van der Waals surface area (Å²) in [6.45, 7) is 5.64. The normalized spacial score (nSPS) is 11.6. The monoisotopic (exact) mass is 248 g/mol. The molecular formula is C9H13ClN2O2S. The van der Waals surface area contributed by atoms with Crippen molar-refractivity contribution in [3.8, 4) is 0 Å². The highest BCUT2D eigenvalue weighted by atomic mass is 35.5. The predicted molar refractivity (Wildman–Crippen MR) is 64.6 cm³/mol. The van der Waals surface area contributed by atoms with Crippen molar-refractivity contribution in [2.45, 2.75) is 19.4 Å². The highest BCUT2D eigenvalue weighted by molar-refractivity contribution is 7.15. The SMILES string of the molecule is C=C(C)C[C@@H](N)c1ccc([N+](=O)[O-])s1.Cl. The Kier molecular flexibility index (Phi) is 5.49. The van der Waals surface area contributed by atoms with Crippen LogP contribution in [0.3, 0.4) is 0 Å². The summed E-state index contributed by atoms with van der Waals surface area (Å²) in [6.07, 6.45) is 0.664. The largest absolute Gasteiger partial charge is 0.324 e. The summed E-state index contributed by atoms with van der Waals surface area (Å²) in [5, 5.41) is 10.6. The minimum absolute atomic E-state index is 0. The van der Waals surface area contributed by atoms with Gasteiger partial charge in [0.05, 0.1) is 4.92 Å². The van der Waals surface area contributed by atoms with E-state index in [1.54, 1.807) is 6.07 Å². The Balaban J connectivity index is 0.00000196. The van der Waals surface area contributed by atoms with E-state index in [4.69, 9.17) is 5.73 Å². The first-order valence-electron chi connectivity index (χ1n) is 4.15. The topological polar surface area (TPSA) is 69.2 Å². The Morgan fingerprint density at radius 2 is 2.33 bits per heavy atom. The van der Waals surface area contributed by atoms with Crippen LogP contribution in [0.2, 0.25) is 0 Å². The molecule has 15 heavy (non-hydrogen) atoms. The van der Waals surface area contributed by atoms with E-state index in [-0.39, 0.29) is 23.4 Å². The van der Waals surface area contributed by atoms with E-state index in [1.807, 2.05) is 6.92 Å². The van der Waals surface area contributed by atoms with Crippen molar-refractivity contribution >= 4 is 28.7 Å². The lowest BCUT2D eigenvalue weighted by Crippen LogP contribution is -2.08. The van der Waals surface area contributed by atoms with Crippen LogP contribution in [-0.2, 0) is 0 Å². The third-order valence-electron chi connectivity index (χ3n) is 1.73. The van der Waals surface area contributed by atoms with Gasteiger partial charge in [0.25, 0.3) is 0 Å². The van der Waals surface area contributed by atoms with Crippen LogP contribution >= 0.6 is 23.7 Å². The molecule has 84 valence electrons. The second-order valence-electron chi connectivity index (χ2n) is 3.20. The number of halogens is 1. The number of nitrogens with two attached hydrogens (primary N) is 1. The zero-order valence-electron chi connectivity index (χ0n) is 8.30. The van der Waals surface area contributed by atoms with Gasteiger partial charge < -0.3 is 5.73 Å². The van der Waals surface area contributed by atoms with E-state index in [0.717, 1.165) is 21.8 Å². The molecule has 0 radical (unpaired) electrons. The van der Waals surface area contributed by atoms with Gasteiger partial charge in [-0.1, -0.05) is 16.9 Å². The molecule has 0 saturated carbocycles. The molecule has 0 saturated heterocycles. The average Bonchev–Trinajstić information content (AvgIpc) is 2.50. The van der Waals surface area contributed by atoms with Gasteiger partial charge in [-0.05, 0) is 19.4 Å². The summed E-state index contributed by atoms with van der Waals surface area (Å²) in [4.78, 5) is 10.8. The van der Waals surface area contributed by atoms with E-state index in [9.17, 15) is 10.1 Å². The maximum absolute atomic E-state index is 10.4. The fourth-order valence-corrected chi connectivity index (χ4v) is 1.94. The van der Waals surface area contributed by atoms with Crippen LogP contribution in [0.5, 0.6) is 0 Å². The minimum Gasteiger partial charge on any atom is -0.323 e. The highest BCUT2D eigenvalue weighted by Gasteiger charge is 2.14. The third kappa shape index (κ3) is 3.99. The molecule has 0 aliphatic carbocycles. The Hall–Kier alpha value is -0.910. The third-order valence-corrected chi connectivity index (χ3v) is 2.90. The van der Waals surface area contributed by atoms with Crippen LogP contribution in [0.15, 0.2) is 24.3 Å². The average molecular weight is 249 g/mol. The fourth-order valence-electron chi connectivity index (χ4n) is 1.12. The van der Waals surface area contributed by atoms with Gasteiger partial charge in [-0.15, -0.1) is 19.0 Å². The molecule has 1 aromatic heterocycles. The molecule has 1 heterocycles. The van der Waals surface area contributed by atoms with Crippen LogP contribution in [0, 0.1) is 10.1 Å². The predicted octanol–water partition coefficient (Wildman–Crippen LogP) is 3.04. The molecule has 0 aliphatic heterocycles. The van der Waals surface area contributed by atoms with E-state index in [0.29, 0.717) is 6.42 Å². The Morgan fingerprint density at radius 3 is 2.73 bits per heavy atom. The quantitative estimate of drug-likeness (QED) is 0.506. The first-order valence-corrected chi connectivity index (χ1v) is 4.96. The summed E-state index contributed by atoms with van der Waals surface area (Å²) >= 11 is 1.13. The molecular weight excluding hydrogens is 236 g/mol. The van der Waals surface area contributed by atoms with Gasteiger partial charge in [0.2, 0.25) is 0 Å². The van der Waals surface area contributed by atoms with E-state index in [1.165, 1.54) is 6.07 Å². The molecule has 1 aromatic rings. The lowest BCUT2D eigenvalue weighted by Gasteiger charge is -2.07. The lowest BCUT2D eigenvalue weighted by molar-refractivity contribution is -0.380. The smallest absolute Gasteiger partial charge is 0.323 e. The van der Waals surface area contributed by atoms with Crippen molar-refractivity contribution in [2.24, 2.45) is 5.73 Å². The number of hydrogen-bond acceptors (Lipinski definition) is 4. The summed E-state index contributed by atoms with van der Waals surface area (Å²) in [6, 6.07) is 3.01. The first kappa shape index (κ1) is 14.1. The summed E-state index contributed by atoms with van der Waals surface area (Å²) in [5.41, 5.74) is 6.82. The summed E-state index contributed by atoms with van der Waals surface area (Å²) in [5.74, 6) is 0. The molecule has 0 aliphatic rings. The molecule has 0 unspecified atom stereocenters. The van der Waals surface area contributed by atoms with E-state index >= 15 is 0 Å². The molecule has 6 heteroatoms. The Bertz CT molecular complexity index is 365. The number of rotatable bonds is 4. The summed E-state index contributed by atoms with van der Waals surface area (Å²) in [7, 11) is 0. The van der Waals surface area contributed by atoms with Gasteiger partial charge in [-0.2, -0.15) is 0 Å². The van der Waals surface area contributed by atoms with Gasteiger partial charge in [-0.3, -0.25) is 10.1 Å². The van der Waals surface area contributed by atoms with Crippen molar-refractivity contribution in [1.29, 1.82) is 0 Å². The standard InChI is InChI=1S/C9H12N2O2S.ClH/c1-6(2)5-7(10)8-3-4-9(14-8)11(12)13;/h3-4,7H,1,5,10H2,2H3;1H/t7-;/m1./s1. The second-order valence-corrected chi connectivity index (χ2v) is 4.29.